The molecule has 5 nitrogen and oxygen atoms in total. The van der Waals surface area contributed by atoms with E-state index in [0.717, 1.165) is 0 Å². The Labute approximate surface area is 117 Å². The van der Waals surface area contributed by atoms with Crippen LogP contribution >= 0.6 is 11.6 Å². The van der Waals surface area contributed by atoms with Gasteiger partial charge in [0.05, 0.1) is 23.0 Å². The van der Waals surface area contributed by atoms with E-state index in [2.05, 4.69) is 10.1 Å². The molecule has 0 N–H and O–H groups in total. The topological polar surface area (TPSA) is 48.7 Å². The molecule has 0 unspecified atom stereocenters. The number of hydrogen-bond donors (Lipinski definition) is 0. The van der Waals surface area contributed by atoms with Crippen molar-refractivity contribution in [2.24, 2.45) is 0 Å². The van der Waals surface area contributed by atoms with Gasteiger partial charge in [-0.25, -0.2) is 9.50 Å². The van der Waals surface area contributed by atoms with Crippen molar-refractivity contribution in [3.05, 3.63) is 23.5 Å². The van der Waals surface area contributed by atoms with Gasteiger partial charge < -0.3 is 9.31 Å². The van der Waals surface area contributed by atoms with Crippen LogP contribution in [0.4, 0.5) is 0 Å². The third-order valence-electron chi connectivity index (χ3n) is 3.81. The van der Waals surface area contributed by atoms with Gasteiger partial charge in [0.2, 0.25) is 0 Å². The molecule has 0 saturated carbocycles. The summed E-state index contributed by atoms with van der Waals surface area (Å²) >= 11 is 5.85. The van der Waals surface area contributed by atoms with Crippen LogP contribution in [-0.2, 0) is 9.31 Å². The Balaban J connectivity index is 1.97. The second kappa shape index (κ2) is 3.94. The quantitative estimate of drug-likeness (QED) is 0.745. The van der Waals surface area contributed by atoms with Crippen molar-refractivity contribution >= 4 is 30.0 Å². The summed E-state index contributed by atoms with van der Waals surface area (Å²) in [6, 6.07) is 3.69. The van der Waals surface area contributed by atoms with E-state index < -0.39 is 7.12 Å². The monoisotopic (exact) mass is 279 g/mol. The largest absolute Gasteiger partial charge is 0.516 e. The minimum atomic E-state index is -0.476. The molecule has 1 aliphatic heterocycles. The SMILES string of the molecule is CC1(C)OB(c2ccc3nc(Cl)cn3n2)OC1(C)C. The minimum absolute atomic E-state index is 0.374. The second-order valence-corrected chi connectivity index (χ2v) is 6.10. The molecular formula is C12H15BClN3O2. The van der Waals surface area contributed by atoms with Crippen molar-refractivity contribution in [3.8, 4) is 0 Å². The van der Waals surface area contributed by atoms with E-state index in [1.165, 1.54) is 0 Å². The van der Waals surface area contributed by atoms with Gasteiger partial charge in [-0.05, 0) is 39.8 Å². The van der Waals surface area contributed by atoms with E-state index in [0.29, 0.717) is 16.4 Å². The first-order chi connectivity index (χ1) is 8.78. The van der Waals surface area contributed by atoms with Crippen molar-refractivity contribution in [2.45, 2.75) is 38.9 Å². The summed E-state index contributed by atoms with van der Waals surface area (Å²) in [5.74, 6) is 0. The summed E-state index contributed by atoms with van der Waals surface area (Å²) in [5, 5.41) is 4.84. The lowest BCUT2D eigenvalue weighted by atomic mass is 9.85. The lowest BCUT2D eigenvalue weighted by Gasteiger charge is -2.32. The van der Waals surface area contributed by atoms with Crippen molar-refractivity contribution in [3.63, 3.8) is 0 Å². The third kappa shape index (κ3) is 2.04. The summed E-state index contributed by atoms with van der Waals surface area (Å²) in [4.78, 5) is 4.12. The van der Waals surface area contributed by atoms with Gasteiger partial charge in [-0.2, -0.15) is 5.10 Å². The van der Waals surface area contributed by atoms with E-state index in [1.54, 1.807) is 10.7 Å². The van der Waals surface area contributed by atoms with Gasteiger partial charge in [0, 0.05) is 0 Å². The van der Waals surface area contributed by atoms with Gasteiger partial charge in [0.1, 0.15) is 5.15 Å². The van der Waals surface area contributed by atoms with Crippen LogP contribution in [0, 0.1) is 0 Å². The average Bonchev–Trinajstić information content (AvgIpc) is 2.74. The van der Waals surface area contributed by atoms with Crippen molar-refractivity contribution in [1.29, 1.82) is 0 Å². The molecule has 2 aromatic heterocycles. The van der Waals surface area contributed by atoms with E-state index in [1.807, 2.05) is 39.8 Å². The number of rotatable bonds is 1. The predicted molar refractivity (Wildman–Crippen MR) is 73.7 cm³/mol. The summed E-state index contributed by atoms with van der Waals surface area (Å²) in [5.41, 5.74) is 0.660. The molecule has 0 aliphatic carbocycles. The molecule has 2 aromatic rings. The van der Waals surface area contributed by atoms with Crippen LogP contribution in [0.3, 0.4) is 0 Å². The number of imidazole rings is 1. The van der Waals surface area contributed by atoms with Crippen LogP contribution in [-0.4, -0.2) is 32.9 Å². The van der Waals surface area contributed by atoms with Gasteiger partial charge in [-0.3, -0.25) is 0 Å². The molecule has 19 heavy (non-hydrogen) atoms. The van der Waals surface area contributed by atoms with E-state index in [9.17, 15) is 0 Å². The van der Waals surface area contributed by atoms with Crippen molar-refractivity contribution in [1.82, 2.24) is 14.6 Å². The van der Waals surface area contributed by atoms with Gasteiger partial charge in [0.25, 0.3) is 0 Å². The molecule has 100 valence electrons. The molecule has 1 fully saturated rings. The van der Waals surface area contributed by atoms with Crippen molar-refractivity contribution in [2.75, 3.05) is 0 Å². The first-order valence-electron chi connectivity index (χ1n) is 6.16. The Kier molecular flexibility index (Phi) is 2.68. The first-order valence-corrected chi connectivity index (χ1v) is 6.54. The van der Waals surface area contributed by atoms with Crippen LogP contribution < -0.4 is 5.59 Å². The number of hydrogen-bond acceptors (Lipinski definition) is 4. The Morgan fingerprint density at radius 1 is 1.16 bits per heavy atom. The molecule has 0 aromatic carbocycles. The highest BCUT2D eigenvalue weighted by Crippen LogP contribution is 2.36. The normalized spacial score (nSPS) is 21.2. The zero-order chi connectivity index (χ0) is 13.8. The number of aromatic nitrogens is 3. The Morgan fingerprint density at radius 3 is 2.42 bits per heavy atom. The maximum atomic E-state index is 5.95. The maximum Gasteiger partial charge on any atom is 0.516 e. The Bertz CT molecular complexity index is 625. The average molecular weight is 280 g/mol. The molecule has 0 atom stereocenters. The zero-order valence-corrected chi connectivity index (χ0v) is 12.1. The number of nitrogens with zero attached hydrogens (tertiary/aromatic N) is 3. The van der Waals surface area contributed by atoms with Crippen LogP contribution in [0.5, 0.6) is 0 Å². The van der Waals surface area contributed by atoms with Crippen LogP contribution in [0.15, 0.2) is 18.3 Å². The number of halogens is 1. The van der Waals surface area contributed by atoms with Gasteiger partial charge >= 0.3 is 7.12 Å². The summed E-state index contributed by atoms with van der Waals surface area (Å²) in [7, 11) is -0.476. The smallest absolute Gasteiger partial charge is 0.398 e. The summed E-state index contributed by atoms with van der Waals surface area (Å²) in [6.07, 6.45) is 1.66. The fourth-order valence-corrected chi connectivity index (χ4v) is 2.14. The second-order valence-electron chi connectivity index (χ2n) is 5.71. The fraction of sp³-hybridized carbons (Fsp3) is 0.500. The Morgan fingerprint density at radius 2 is 1.79 bits per heavy atom. The highest BCUT2D eigenvalue weighted by Gasteiger charge is 2.52. The molecule has 1 saturated heterocycles. The fourth-order valence-electron chi connectivity index (χ4n) is 1.96. The highest BCUT2D eigenvalue weighted by atomic mass is 35.5. The zero-order valence-electron chi connectivity index (χ0n) is 11.3. The molecule has 0 radical (unpaired) electrons. The van der Waals surface area contributed by atoms with Crippen molar-refractivity contribution < 1.29 is 9.31 Å². The van der Waals surface area contributed by atoms with E-state index in [4.69, 9.17) is 20.9 Å². The minimum Gasteiger partial charge on any atom is -0.398 e. The first kappa shape index (κ1) is 12.9. The lowest BCUT2D eigenvalue weighted by Crippen LogP contribution is -2.41. The maximum absolute atomic E-state index is 5.95. The van der Waals surface area contributed by atoms with Gasteiger partial charge in [0.15, 0.2) is 5.65 Å². The molecule has 0 bridgehead atoms. The van der Waals surface area contributed by atoms with Gasteiger partial charge in [-0.15, -0.1) is 0 Å². The molecule has 1 aliphatic rings. The molecule has 0 amide bonds. The highest BCUT2D eigenvalue weighted by molar-refractivity contribution is 6.61. The summed E-state index contributed by atoms with van der Waals surface area (Å²) in [6.45, 7) is 8.05. The molecule has 7 heteroatoms. The Hall–Kier alpha value is -1.11. The predicted octanol–water partition coefficient (Wildman–Crippen LogP) is 1.68. The molecule has 3 rings (SSSR count). The van der Waals surface area contributed by atoms with E-state index in [-0.39, 0.29) is 11.2 Å². The number of fused-ring (bicyclic) bond motifs is 1. The standard InChI is InChI=1S/C12H15BClN3O2/c1-11(2)12(3,4)19-13(18-11)8-5-6-10-15-9(14)7-17(10)16-8/h5-7H,1-4H3. The molecular weight excluding hydrogens is 264 g/mol. The molecule has 0 spiro atoms. The van der Waals surface area contributed by atoms with Crippen LogP contribution in [0.1, 0.15) is 27.7 Å². The van der Waals surface area contributed by atoms with Crippen LogP contribution in [0.25, 0.3) is 5.65 Å². The summed E-state index contributed by atoms with van der Waals surface area (Å²) < 4.78 is 13.5. The third-order valence-corrected chi connectivity index (χ3v) is 3.99. The molecule has 3 heterocycles. The van der Waals surface area contributed by atoms with E-state index >= 15 is 0 Å². The van der Waals surface area contributed by atoms with Crippen LogP contribution in [0.2, 0.25) is 5.15 Å². The van der Waals surface area contributed by atoms with Gasteiger partial charge in [-0.1, -0.05) is 11.6 Å². The lowest BCUT2D eigenvalue weighted by molar-refractivity contribution is 0.00578.